The molecule has 0 fully saturated rings. The van der Waals surface area contributed by atoms with E-state index < -0.39 is 24.9 Å². The van der Waals surface area contributed by atoms with Crippen LogP contribution in [-0.2, 0) is 4.79 Å². The van der Waals surface area contributed by atoms with Crippen molar-refractivity contribution in [1.29, 1.82) is 0 Å². The van der Waals surface area contributed by atoms with Gasteiger partial charge >= 0.3 is 6.18 Å². The van der Waals surface area contributed by atoms with Crippen LogP contribution in [-0.4, -0.2) is 30.3 Å². The number of hydrogen-bond donors (Lipinski definition) is 2. The van der Waals surface area contributed by atoms with Crippen molar-refractivity contribution in [3.8, 4) is 0 Å². The highest BCUT2D eigenvalue weighted by Gasteiger charge is 2.27. The number of unbranched alkanes of at least 4 members (excludes halogenated alkanes) is 1. The molecule has 84 valence electrons. The normalized spacial score (nSPS) is 11.4. The quantitative estimate of drug-likeness (QED) is 0.652. The maximum Gasteiger partial charge on any atom is 0.389 e. The molecule has 14 heavy (non-hydrogen) atoms. The number of hydrogen-bond acceptors (Lipinski definition) is 2. The zero-order valence-electron chi connectivity index (χ0n) is 7.73. The van der Waals surface area contributed by atoms with E-state index in [-0.39, 0.29) is 6.61 Å². The van der Waals surface area contributed by atoms with Gasteiger partial charge in [-0.2, -0.15) is 13.2 Å². The van der Waals surface area contributed by atoms with Gasteiger partial charge in [0, 0.05) is 19.6 Å². The molecule has 0 atom stereocenters. The van der Waals surface area contributed by atoms with Crippen LogP contribution in [0.1, 0.15) is 25.7 Å². The van der Waals surface area contributed by atoms with E-state index in [0.29, 0.717) is 19.4 Å². The van der Waals surface area contributed by atoms with Gasteiger partial charge in [0.1, 0.15) is 0 Å². The molecule has 0 aliphatic carbocycles. The number of carbonyl (C=O) groups excluding carboxylic acids is 1. The predicted octanol–water partition coefficient (Wildman–Crippen LogP) is 1.22. The molecule has 3 nitrogen and oxygen atoms in total. The fraction of sp³-hybridized carbons (Fsp3) is 0.875. The molecule has 0 saturated heterocycles. The van der Waals surface area contributed by atoms with Gasteiger partial charge in [-0.1, -0.05) is 0 Å². The van der Waals surface area contributed by atoms with Crippen LogP contribution in [0.2, 0.25) is 0 Å². The summed E-state index contributed by atoms with van der Waals surface area (Å²) in [6.45, 7) is 0.343. The summed E-state index contributed by atoms with van der Waals surface area (Å²) in [7, 11) is 0. The van der Waals surface area contributed by atoms with Crippen LogP contribution in [0.25, 0.3) is 0 Å². The molecule has 0 saturated carbocycles. The topological polar surface area (TPSA) is 49.3 Å². The fourth-order valence-electron chi connectivity index (χ4n) is 0.808. The minimum atomic E-state index is -4.28. The number of nitrogens with one attached hydrogen (secondary N) is 1. The van der Waals surface area contributed by atoms with E-state index in [1.54, 1.807) is 0 Å². The molecular formula is C8H14F3NO2. The molecule has 0 aromatic heterocycles. The SMILES string of the molecule is O=C(CCC(F)(F)F)NCCCCO. The summed E-state index contributed by atoms with van der Waals surface area (Å²) < 4.78 is 34.9. The third kappa shape index (κ3) is 9.31. The second kappa shape index (κ2) is 6.64. The zero-order chi connectivity index (χ0) is 11.0. The Kier molecular flexibility index (Phi) is 6.27. The van der Waals surface area contributed by atoms with Gasteiger partial charge in [-0.15, -0.1) is 0 Å². The van der Waals surface area contributed by atoms with Crippen LogP contribution in [0.3, 0.4) is 0 Å². The van der Waals surface area contributed by atoms with Crippen LogP contribution in [0.4, 0.5) is 13.2 Å². The van der Waals surface area contributed by atoms with Crippen LogP contribution in [0.15, 0.2) is 0 Å². The highest BCUT2D eigenvalue weighted by molar-refractivity contribution is 5.75. The Labute approximate surface area is 80.3 Å². The van der Waals surface area contributed by atoms with E-state index in [1.807, 2.05) is 0 Å². The van der Waals surface area contributed by atoms with Gasteiger partial charge in [0.25, 0.3) is 0 Å². The molecule has 0 aromatic rings. The highest BCUT2D eigenvalue weighted by atomic mass is 19.4. The minimum absolute atomic E-state index is 0.0262. The zero-order valence-corrected chi connectivity index (χ0v) is 7.73. The maximum absolute atomic E-state index is 11.6. The van der Waals surface area contributed by atoms with Gasteiger partial charge in [0.15, 0.2) is 0 Å². The van der Waals surface area contributed by atoms with Gasteiger partial charge in [-0.25, -0.2) is 0 Å². The molecular weight excluding hydrogens is 199 g/mol. The first-order chi connectivity index (χ1) is 6.45. The van der Waals surface area contributed by atoms with Crippen molar-refractivity contribution >= 4 is 5.91 Å². The van der Waals surface area contributed by atoms with E-state index in [4.69, 9.17) is 5.11 Å². The molecule has 0 spiro atoms. The van der Waals surface area contributed by atoms with E-state index in [2.05, 4.69) is 5.32 Å². The number of amides is 1. The number of alkyl halides is 3. The number of rotatable bonds is 6. The van der Waals surface area contributed by atoms with E-state index in [0.717, 1.165) is 0 Å². The lowest BCUT2D eigenvalue weighted by molar-refractivity contribution is -0.144. The molecule has 0 radical (unpaired) electrons. The third-order valence-electron chi connectivity index (χ3n) is 1.54. The van der Waals surface area contributed by atoms with E-state index in [9.17, 15) is 18.0 Å². The van der Waals surface area contributed by atoms with E-state index in [1.165, 1.54) is 0 Å². The lowest BCUT2D eigenvalue weighted by atomic mass is 10.2. The van der Waals surface area contributed by atoms with Crippen molar-refractivity contribution in [1.82, 2.24) is 5.32 Å². The van der Waals surface area contributed by atoms with Crippen molar-refractivity contribution in [3.63, 3.8) is 0 Å². The van der Waals surface area contributed by atoms with Crippen molar-refractivity contribution in [3.05, 3.63) is 0 Å². The molecule has 0 bridgehead atoms. The van der Waals surface area contributed by atoms with Crippen molar-refractivity contribution in [2.45, 2.75) is 31.9 Å². The monoisotopic (exact) mass is 213 g/mol. The standard InChI is InChI=1S/C8H14F3NO2/c9-8(10,11)4-3-7(14)12-5-1-2-6-13/h13H,1-6H2,(H,12,14). The maximum atomic E-state index is 11.6. The Morgan fingerprint density at radius 3 is 2.43 bits per heavy atom. The van der Waals surface area contributed by atoms with Crippen molar-refractivity contribution in [2.75, 3.05) is 13.2 Å². The number of aliphatic hydroxyl groups is 1. The van der Waals surface area contributed by atoms with Crippen LogP contribution < -0.4 is 5.32 Å². The second-order valence-electron chi connectivity index (χ2n) is 2.90. The van der Waals surface area contributed by atoms with Crippen LogP contribution in [0, 0.1) is 0 Å². The Hall–Kier alpha value is -0.780. The summed E-state index contributed by atoms with van der Waals surface area (Å²) in [5, 5.41) is 10.7. The van der Waals surface area contributed by atoms with Crippen molar-refractivity contribution in [2.24, 2.45) is 0 Å². The summed E-state index contributed by atoms with van der Waals surface area (Å²) in [4.78, 5) is 10.8. The summed E-state index contributed by atoms with van der Waals surface area (Å²) >= 11 is 0. The molecule has 0 aromatic carbocycles. The summed E-state index contributed by atoms with van der Waals surface area (Å²) in [6.07, 6.45) is -4.77. The van der Waals surface area contributed by atoms with E-state index >= 15 is 0 Å². The molecule has 0 unspecified atom stereocenters. The third-order valence-corrected chi connectivity index (χ3v) is 1.54. The van der Waals surface area contributed by atoms with Crippen LogP contribution in [0.5, 0.6) is 0 Å². The van der Waals surface area contributed by atoms with Gasteiger partial charge < -0.3 is 10.4 Å². The van der Waals surface area contributed by atoms with Gasteiger partial charge in [0.2, 0.25) is 5.91 Å². The molecule has 0 heterocycles. The van der Waals surface area contributed by atoms with Gasteiger partial charge in [-0.3, -0.25) is 4.79 Å². The number of aliphatic hydroxyl groups excluding tert-OH is 1. The summed E-state index contributed by atoms with van der Waals surface area (Å²) in [5.41, 5.74) is 0. The van der Waals surface area contributed by atoms with Crippen molar-refractivity contribution < 1.29 is 23.1 Å². The fourth-order valence-corrected chi connectivity index (χ4v) is 0.808. The molecule has 0 aliphatic heterocycles. The average molecular weight is 213 g/mol. The first kappa shape index (κ1) is 13.2. The smallest absolute Gasteiger partial charge is 0.389 e. The summed E-state index contributed by atoms with van der Waals surface area (Å²) in [6, 6.07) is 0. The van der Waals surface area contributed by atoms with Gasteiger partial charge in [0.05, 0.1) is 6.42 Å². The number of halogens is 3. The van der Waals surface area contributed by atoms with Crippen LogP contribution >= 0.6 is 0 Å². The molecule has 2 N–H and O–H groups in total. The lowest BCUT2D eigenvalue weighted by Crippen LogP contribution is -2.26. The Morgan fingerprint density at radius 1 is 1.29 bits per heavy atom. The second-order valence-corrected chi connectivity index (χ2v) is 2.90. The highest BCUT2D eigenvalue weighted by Crippen LogP contribution is 2.20. The Balaban J connectivity index is 3.38. The molecule has 1 amide bonds. The molecule has 0 aliphatic rings. The number of carbonyl (C=O) groups is 1. The predicted molar refractivity (Wildman–Crippen MR) is 44.6 cm³/mol. The summed E-state index contributed by atoms with van der Waals surface area (Å²) in [5.74, 6) is -0.597. The molecule has 6 heteroatoms. The first-order valence-corrected chi connectivity index (χ1v) is 4.40. The largest absolute Gasteiger partial charge is 0.396 e. The lowest BCUT2D eigenvalue weighted by Gasteiger charge is -2.06. The average Bonchev–Trinajstić information content (AvgIpc) is 2.08. The van der Waals surface area contributed by atoms with Gasteiger partial charge in [-0.05, 0) is 12.8 Å². The Bertz CT molecular complexity index is 170. The minimum Gasteiger partial charge on any atom is -0.396 e. The first-order valence-electron chi connectivity index (χ1n) is 4.40. The molecule has 0 rings (SSSR count). The Morgan fingerprint density at radius 2 is 1.93 bits per heavy atom.